The number of nitrogens with one attached hydrogen (secondary N) is 1. The molecule has 3 rings (SSSR count). The largest absolute Gasteiger partial charge is 0.573 e. The summed E-state index contributed by atoms with van der Waals surface area (Å²) in [6.45, 7) is -0.113. The number of benzene rings is 2. The number of fused-ring (bicyclic) bond motifs is 1. The van der Waals surface area contributed by atoms with Crippen LogP contribution in [0.3, 0.4) is 0 Å². The molecule has 2 aromatic carbocycles. The molecular formula is C18H13F3N2O3. The molecule has 0 saturated heterocycles. The number of halogens is 3. The number of para-hydroxylation sites is 2. The zero-order valence-corrected chi connectivity index (χ0v) is 13.3. The van der Waals surface area contributed by atoms with Gasteiger partial charge in [0.25, 0.3) is 5.91 Å². The van der Waals surface area contributed by atoms with E-state index in [2.05, 4.69) is 10.1 Å². The second-order valence-electron chi connectivity index (χ2n) is 5.44. The molecule has 0 radical (unpaired) electrons. The molecule has 8 heteroatoms. The third-order valence-electron chi connectivity index (χ3n) is 3.57. The van der Waals surface area contributed by atoms with Crippen LogP contribution in [-0.2, 0) is 9.59 Å². The topological polar surface area (TPSA) is 58.6 Å². The lowest BCUT2D eigenvalue weighted by Gasteiger charge is -2.28. The van der Waals surface area contributed by atoms with Crippen LogP contribution < -0.4 is 15.0 Å². The minimum absolute atomic E-state index is 0.113. The number of hydrogen-bond donors (Lipinski definition) is 1. The number of anilines is 2. The van der Waals surface area contributed by atoms with Crippen molar-refractivity contribution in [3.05, 3.63) is 60.2 Å². The van der Waals surface area contributed by atoms with Gasteiger partial charge in [-0.1, -0.05) is 24.3 Å². The molecule has 26 heavy (non-hydrogen) atoms. The fraction of sp³-hybridized carbons (Fsp3) is 0.111. The van der Waals surface area contributed by atoms with E-state index in [1.807, 2.05) is 0 Å². The van der Waals surface area contributed by atoms with Crippen molar-refractivity contribution < 1.29 is 27.5 Å². The van der Waals surface area contributed by atoms with Gasteiger partial charge < -0.3 is 10.1 Å². The van der Waals surface area contributed by atoms with Gasteiger partial charge in [-0.25, -0.2) is 0 Å². The van der Waals surface area contributed by atoms with E-state index in [0.29, 0.717) is 16.9 Å². The summed E-state index contributed by atoms with van der Waals surface area (Å²) < 4.78 is 40.2. The van der Waals surface area contributed by atoms with Crippen molar-refractivity contribution in [3.8, 4) is 5.75 Å². The van der Waals surface area contributed by atoms with E-state index in [-0.39, 0.29) is 18.2 Å². The van der Waals surface area contributed by atoms with E-state index in [4.69, 9.17) is 0 Å². The average molecular weight is 362 g/mol. The van der Waals surface area contributed by atoms with Crippen LogP contribution in [0.15, 0.2) is 54.6 Å². The van der Waals surface area contributed by atoms with Crippen molar-refractivity contribution in [2.24, 2.45) is 0 Å². The fourth-order valence-electron chi connectivity index (χ4n) is 2.47. The molecule has 0 saturated carbocycles. The lowest BCUT2D eigenvalue weighted by atomic mass is 10.1. The zero-order chi connectivity index (χ0) is 18.7. The molecule has 0 bridgehead atoms. The Hall–Kier alpha value is -3.29. The summed E-state index contributed by atoms with van der Waals surface area (Å²) in [4.78, 5) is 25.5. The standard InChI is InChI=1S/C18H13F3N2O3/c19-18(20,21)26-13-8-5-12(6-9-13)7-10-17(25)23-11-16(24)22-14-3-1-2-4-15(14)23/h1-10H,11H2,(H,22,24). The summed E-state index contributed by atoms with van der Waals surface area (Å²) in [7, 11) is 0. The summed E-state index contributed by atoms with van der Waals surface area (Å²) in [6, 6.07) is 12.0. The first-order valence-electron chi connectivity index (χ1n) is 7.56. The minimum atomic E-state index is -4.75. The zero-order valence-electron chi connectivity index (χ0n) is 13.3. The SMILES string of the molecule is O=C1CN(C(=O)C=Cc2ccc(OC(F)(F)F)cc2)c2ccccc2N1. The van der Waals surface area contributed by atoms with E-state index in [1.165, 1.54) is 29.2 Å². The predicted molar refractivity (Wildman–Crippen MR) is 89.6 cm³/mol. The van der Waals surface area contributed by atoms with Gasteiger partial charge in [-0.3, -0.25) is 14.5 Å². The lowest BCUT2D eigenvalue weighted by molar-refractivity contribution is -0.274. The maximum Gasteiger partial charge on any atom is 0.573 e. The summed E-state index contributed by atoms with van der Waals surface area (Å²) in [6.07, 6.45) is -2.04. The van der Waals surface area contributed by atoms with Crippen LogP contribution in [0.2, 0.25) is 0 Å². The maximum absolute atomic E-state index is 12.4. The van der Waals surface area contributed by atoms with Crippen molar-refractivity contribution in [1.82, 2.24) is 0 Å². The highest BCUT2D eigenvalue weighted by Crippen LogP contribution is 2.29. The molecule has 1 aliphatic rings. The molecule has 134 valence electrons. The Morgan fingerprint density at radius 1 is 1.12 bits per heavy atom. The van der Waals surface area contributed by atoms with Crippen molar-refractivity contribution in [2.75, 3.05) is 16.8 Å². The number of amides is 2. The lowest BCUT2D eigenvalue weighted by Crippen LogP contribution is -2.41. The van der Waals surface area contributed by atoms with E-state index >= 15 is 0 Å². The van der Waals surface area contributed by atoms with Gasteiger partial charge in [0.05, 0.1) is 11.4 Å². The summed E-state index contributed by atoms with van der Waals surface area (Å²) in [5.74, 6) is -1.07. The van der Waals surface area contributed by atoms with Gasteiger partial charge in [0.15, 0.2) is 0 Å². The Morgan fingerprint density at radius 3 is 2.50 bits per heavy atom. The third kappa shape index (κ3) is 4.21. The van der Waals surface area contributed by atoms with Crippen LogP contribution in [-0.4, -0.2) is 24.7 Å². The highest BCUT2D eigenvalue weighted by atomic mass is 19.4. The van der Waals surface area contributed by atoms with Gasteiger partial charge >= 0.3 is 6.36 Å². The van der Waals surface area contributed by atoms with E-state index < -0.39 is 12.3 Å². The maximum atomic E-state index is 12.4. The van der Waals surface area contributed by atoms with Gasteiger partial charge in [-0.15, -0.1) is 13.2 Å². The van der Waals surface area contributed by atoms with Crippen LogP contribution in [0.5, 0.6) is 5.75 Å². The molecule has 0 aromatic heterocycles. The van der Waals surface area contributed by atoms with Crippen LogP contribution in [0, 0.1) is 0 Å². The number of carbonyl (C=O) groups is 2. The number of alkyl halides is 3. The van der Waals surface area contributed by atoms with Crippen molar-refractivity contribution in [1.29, 1.82) is 0 Å². The Kier molecular flexibility index (Phi) is 4.66. The second kappa shape index (κ2) is 6.91. The Bertz CT molecular complexity index is 861. The van der Waals surface area contributed by atoms with E-state index in [1.54, 1.807) is 24.3 Å². The molecule has 0 atom stereocenters. The molecule has 0 fully saturated rings. The number of nitrogens with zero attached hydrogens (tertiary/aromatic N) is 1. The number of rotatable bonds is 3. The summed E-state index contributed by atoms with van der Waals surface area (Å²) >= 11 is 0. The van der Waals surface area contributed by atoms with Gasteiger partial charge in [-0.05, 0) is 35.9 Å². The Balaban J connectivity index is 1.73. The Labute approximate surface area is 146 Å². The van der Waals surface area contributed by atoms with Crippen molar-refractivity contribution >= 4 is 29.3 Å². The molecule has 0 spiro atoms. The molecule has 0 aliphatic carbocycles. The first kappa shape index (κ1) is 17.5. The first-order valence-corrected chi connectivity index (χ1v) is 7.56. The molecule has 1 heterocycles. The first-order chi connectivity index (χ1) is 12.3. The molecule has 0 unspecified atom stereocenters. The van der Waals surface area contributed by atoms with E-state index in [9.17, 15) is 22.8 Å². The predicted octanol–water partition coefficient (Wildman–Crippen LogP) is 3.58. The fourth-order valence-corrected chi connectivity index (χ4v) is 2.47. The molecule has 1 aliphatic heterocycles. The number of carbonyl (C=O) groups excluding carboxylic acids is 2. The van der Waals surface area contributed by atoms with Crippen LogP contribution in [0.25, 0.3) is 6.08 Å². The summed E-state index contributed by atoms with van der Waals surface area (Å²) in [5.41, 5.74) is 1.64. The number of ether oxygens (including phenoxy) is 1. The van der Waals surface area contributed by atoms with Crippen LogP contribution in [0.4, 0.5) is 24.5 Å². The van der Waals surface area contributed by atoms with Crippen molar-refractivity contribution in [2.45, 2.75) is 6.36 Å². The average Bonchev–Trinajstić information content (AvgIpc) is 2.58. The van der Waals surface area contributed by atoms with Gasteiger partial charge in [0.1, 0.15) is 12.3 Å². The molecule has 2 aromatic rings. The number of hydrogen-bond acceptors (Lipinski definition) is 3. The van der Waals surface area contributed by atoms with Crippen LogP contribution in [0.1, 0.15) is 5.56 Å². The molecule has 5 nitrogen and oxygen atoms in total. The van der Waals surface area contributed by atoms with Crippen molar-refractivity contribution in [3.63, 3.8) is 0 Å². The van der Waals surface area contributed by atoms with Gasteiger partial charge in [0.2, 0.25) is 5.91 Å². The highest BCUT2D eigenvalue weighted by molar-refractivity contribution is 6.13. The second-order valence-corrected chi connectivity index (χ2v) is 5.44. The van der Waals surface area contributed by atoms with Gasteiger partial charge in [0, 0.05) is 6.08 Å². The summed E-state index contributed by atoms with van der Waals surface area (Å²) in [5, 5.41) is 2.68. The molecule has 1 N–H and O–H groups in total. The monoisotopic (exact) mass is 362 g/mol. The normalized spacial score (nSPS) is 14.1. The molecule has 2 amide bonds. The van der Waals surface area contributed by atoms with Gasteiger partial charge in [-0.2, -0.15) is 0 Å². The smallest absolute Gasteiger partial charge is 0.406 e. The minimum Gasteiger partial charge on any atom is -0.406 e. The molecular weight excluding hydrogens is 349 g/mol. The Morgan fingerprint density at radius 2 is 1.81 bits per heavy atom. The highest BCUT2D eigenvalue weighted by Gasteiger charge is 2.31. The van der Waals surface area contributed by atoms with Crippen LogP contribution >= 0.6 is 0 Å². The van der Waals surface area contributed by atoms with E-state index in [0.717, 1.165) is 12.1 Å². The quantitative estimate of drug-likeness (QED) is 0.849. The third-order valence-corrected chi connectivity index (χ3v) is 3.57.